The van der Waals surface area contributed by atoms with E-state index in [9.17, 15) is 14.9 Å². The smallest absolute Gasteiger partial charge is 0.283 e. The summed E-state index contributed by atoms with van der Waals surface area (Å²) in [5.41, 5.74) is 0.104. The monoisotopic (exact) mass is 280 g/mol. The molecular formula is C13H16N2O3S. The Bertz CT molecular complexity index is 499. The highest BCUT2D eigenvalue weighted by Gasteiger charge is 2.25. The van der Waals surface area contributed by atoms with Crippen LogP contribution in [0.2, 0.25) is 0 Å². The molecule has 1 aromatic carbocycles. The molecule has 0 bridgehead atoms. The van der Waals surface area contributed by atoms with E-state index in [0.29, 0.717) is 13.1 Å². The number of nitro benzene ring substituents is 1. The molecule has 6 heteroatoms. The van der Waals surface area contributed by atoms with Crippen LogP contribution in [-0.2, 0) is 0 Å². The molecule has 1 aliphatic heterocycles. The van der Waals surface area contributed by atoms with Gasteiger partial charge in [0.25, 0.3) is 11.6 Å². The maximum Gasteiger partial charge on any atom is 0.283 e. The van der Waals surface area contributed by atoms with Gasteiger partial charge in [0.15, 0.2) is 0 Å². The fraction of sp³-hybridized carbons (Fsp3) is 0.462. The van der Waals surface area contributed by atoms with Crippen molar-refractivity contribution in [3.63, 3.8) is 0 Å². The molecule has 1 saturated heterocycles. The minimum Gasteiger partial charge on any atom is -0.338 e. The highest BCUT2D eigenvalue weighted by atomic mass is 32.2. The SMILES string of the molecule is CSc1ccc(C(=O)N2CCCCC2)c([N+](=O)[O-])c1. The summed E-state index contributed by atoms with van der Waals surface area (Å²) in [7, 11) is 0. The van der Waals surface area contributed by atoms with E-state index in [1.807, 2.05) is 6.26 Å². The first-order chi connectivity index (χ1) is 9.13. The number of amides is 1. The summed E-state index contributed by atoms with van der Waals surface area (Å²) in [4.78, 5) is 25.5. The van der Waals surface area contributed by atoms with E-state index in [-0.39, 0.29) is 17.2 Å². The van der Waals surface area contributed by atoms with Gasteiger partial charge in [0, 0.05) is 24.1 Å². The number of benzene rings is 1. The van der Waals surface area contributed by atoms with Gasteiger partial charge >= 0.3 is 0 Å². The van der Waals surface area contributed by atoms with Gasteiger partial charge in [-0.2, -0.15) is 0 Å². The first-order valence-corrected chi connectivity index (χ1v) is 7.47. The minimum atomic E-state index is -0.475. The number of likely N-dealkylation sites (tertiary alicyclic amines) is 1. The van der Waals surface area contributed by atoms with Gasteiger partial charge in [-0.05, 0) is 37.7 Å². The number of hydrogen-bond acceptors (Lipinski definition) is 4. The lowest BCUT2D eigenvalue weighted by Crippen LogP contribution is -2.35. The average molecular weight is 280 g/mol. The maximum atomic E-state index is 12.3. The number of nitro groups is 1. The summed E-state index contributed by atoms with van der Waals surface area (Å²) in [6.45, 7) is 1.39. The quantitative estimate of drug-likeness (QED) is 0.485. The van der Waals surface area contributed by atoms with Crippen LogP contribution in [0, 0.1) is 10.1 Å². The van der Waals surface area contributed by atoms with Crippen LogP contribution in [0.3, 0.4) is 0 Å². The molecule has 0 saturated carbocycles. The van der Waals surface area contributed by atoms with E-state index in [1.54, 1.807) is 17.0 Å². The molecule has 102 valence electrons. The molecule has 0 radical (unpaired) electrons. The molecule has 1 aliphatic rings. The predicted molar refractivity (Wildman–Crippen MR) is 74.6 cm³/mol. The van der Waals surface area contributed by atoms with Crippen molar-refractivity contribution in [3.8, 4) is 0 Å². The molecule has 19 heavy (non-hydrogen) atoms. The highest BCUT2D eigenvalue weighted by Crippen LogP contribution is 2.27. The Hall–Kier alpha value is -1.56. The van der Waals surface area contributed by atoms with Crippen molar-refractivity contribution in [2.45, 2.75) is 24.2 Å². The molecule has 0 aliphatic carbocycles. The van der Waals surface area contributed by atoms with Gasteiger partial charge in [0.2, 0.25) is 0 Å². The zero-order valence-corrected chi connectivity index (χ0v) is 11.6. The van der Waals surface area contributed by atoms with Crippen molar-refractivity contribution in [2.75, 3.05) is 19.3 Å². The standard InChI is InChI=1S/C13H16N2O3S/c1-19-10-5-6-11(12(9-10)15(17)18)13(16)14-7-3-2-4-8-14/h5-6,9H,2-4,7-8H2,1H3. The number of nitrogens with zero attached hydrogens (tertiary/aromatic N) is 2. The summed E-state index contributed by atoms with van der Waals surface area (Å²) in [6.07, 6.45) is 4.92. The number of carbonyl (C=O) groups is 1. The second kappa shape index (κ2) is 6.06. The Kier molecular flexibility index (Phi) is 4.42. The lowest BCUT2D eigenvalue weighted by Gasteiger charge is -2.26. The van der Waals surface area contributed by atoms with E-state index >= 15 is 0 Å². The third-order valence-electron chi connectivity index (χ3n) is 3.28. The largest absolute Gasteiger partial charge is 0.338 e. The van der Waals surface area contributed by atoms with Crippen molar-refractivity contribution in [3.05, 3.63) is 33.9 Å². The van der Waals surface area contributed by atoms with Crippen LogP contribution in [0.25, 0.3) is 0 Å². The second-order valence-electron chi connectivity index (χ2n) is 4.49. The Morgan fingerprint density at radius 3 is 2.58 bits per heavy atom. The molecular weight excluding hydrogens is 264 g/mol. The van der Waals surface area contributed by atoms with E-state index in [2.05, 4.69) is 0 Å². The third-order valence-corrected chi connectivity index (χ3v) is 4.00. The molecule has 0 atom stereocenters. The van der Waals surface area contributed by atoms with E-state index in [0.717, 1.165) is 24.2 Å². The molecule has 0 unspecified atom stereocenters. The fourth-order valence-corrected chi connectivity index (χ4v) is 2.67. The molecule has 1 heterocycles. The molecule has 1 aromatic rings. The topological polar surface area (TPSA) is 63.5 Å². The first kappa shape index (κ1) is 13.9. The number of carbonyl (C=O) groups excluding carboxylic acids is 1. The number of piperidine rings is 1. The van der Waals surface area contributed by atoms with Crippen molar-refractivity contribution in [1.82, 2.24) is 4.90 Å². The van der Waals surface area contributed by atoms with Crippen LogP contribution in [-0.4, -0.2) is 35.1 Å². The summed E-state index contributed by atoms with van der Waals surface area (Å²) in [5, 5.41) is 11.1. The molecule has 5 nitrogen and oxygen atoms in total. The summed E-state index contributed by atoms with van der Waals surface area (Å²) < 4.78 is 0. The van der Waals surface area contributed by atoms with Gasteiger partial charge in [-0.15, -0.1) is 11.8 Å². The van der Waals surface area contributed by atoms with Gasteiger partial charge < -0.3 is 4.90 Å². The zero-order valence-electron chi connectivity index (χ0n) is 10.8. The Morgan fingerprint density at radius 1 is 1.32 bits per heavy atom. The fourth-order valence-electron chi connectivity index (χ4n) is 2.24. The Balaban J connectivity index is 2.32. The first-order valence-electron chi connectivity index (χ1n) is 6.25. The van der Waals surface area contributed by atoms with Crippen LogP contribution >= 0.6 is 11.8 Å². The lowest BCUT2D eigenvalue weighted by molar-refractivity contribution is -0.385. The lowest BCUT2D eigenvalue weighted by atomic mass is 10.1. The number of hydrogen-bond donors (Lipinski definition) is 0. The molecule has 0 aromatic heterocycles. The van der Waals surface area contributed by atoms with E-state index < -0.39 is 4.92 Å². The highest BCUT2D eigenvalue weighted by molar-refractivity contribution is 7.98. The van der Waals surface area contributed by atoms with Gasteiger partial charge in [-0.25, -0.2) is 0 Å². The normalized spacial score (nSPS) is 15.3. The van der Waals surface area contributed by atoms with E-state index in [1.165, 1.54) is 17.8 Å². The Morgan fingerprint density at radius 2 is 2.00 bits per heavy atom. The molecule has 0 N–H and O–H groups in total. The van der Waals surface area contributed by atoms with Crippen LogP contribution in [0.4, 0.5) is 5.69 Å². The second-order valence-corrected chi connectivity index (χ2v) is 5.37. The zero-order chi connectivity index (χ0) is 13.8. The van der Waals surface area contributed by atoms with Crippen molar-refractivity contribution < 1.29 is 9.72 Å². The Labute approximate surface area is 116 Å². The number of thioether (sulfide) groups is 1. The molecule has 0 spiro atoms. The summed E-state index contributed by atoms with van der Waals surface area (Å²) in [6, 6.07) is 4.80. The van der Waals surface area contributed by atoms with Crippen LogP contribution in [0.1, 0.15) is 29.6 Å². The summed E-state index contributed by atoms with van der Waals surface area (Å²) in [5.74, 6) is -0.223. The van der Waals surface area contributed by atoms with Crippen LogP contribution in [0.5, 0.6) is 0 Å². The van der Waals surface area contributed by atoms with E-state index in [4.69, 9.17) is 0 Å². The van der Waals surface area contributed by atoms with Crippen LogP contribution < -0.4 is 0 Å². The predicted octanol–water partition coefficient (Wildman–Crippen LogP) is 2.94. The average Bonchev–Trinajstić information content (AvgIpc) is 2.46. The maximum absolute atomic E-state index is 12.3. The third kappa shape index (κ3) is 3.07. The van der Waals surface area contributed by atoms with Crippen molar-refractivity contribution in [2.24, 2.45) is 0 Å². The van der Waals surface area contributed by atoms with Gasteiger partial charge in [0.05, 0.1) is 4.92 Å². The molecule has 1 fully saturated rings. The van der Waals surface area contributed by atoms with Gasteiger partial charge in [-0.1, -0.05) is 0 Å². The number of rotatable bonds is 3. The van der Waals surface area contributed by atoms with Crippen molar-refractivity contribution in [1.29, 1.82) is 0 Å². The molecule has 1 amide bonds. The molecule has 2 rings (SSSR count). The minimum absolute atomic E-state index is 0.0950. The van der Waals surface area contributed by atoms with Gasteiger partial charge in [-0.3, -0.25) is 14.9 Å². The van der Waals surface area contributed by atoms with Crippen LogP contribution in [0.15, 0.2) is 23.1 Å². The summed E-state index contributed by atoms with van der Waals surface area (Å²) >= 11 is 1.43. The van der Waals surface area contributed by atoms with Gasteiger partial charge in [0.1, 0.15) is 5.56 Å². The van der Waals surface area contributed by atoms with Crippen molar-refractivity contribution >= 4 is 23.4 Å².